The molecular weight excluding hydrogens is 222 g/mol. The number of benzene rings is 2. The zero-order valence-corrected chi connectivity index (χ0v) is 11.1. The number of nitrogens with one attached hydrogen (secondary N) is 1. The molecule has 2 aromatic carbocycles. The Bertz CT molecular complexity index is 541. The minimum atomic E-state index is 0.345. The summed E-state index contributed by atoms with van der Waals surface area (Å²) in [5, 5.41) is 13.1. The van der Waals surface area contributed by atoms with Crippen molar-refractivity contribution in [2.45, 2.75) is 27.3 Å². The van der Waals surface area contributed by atoms with Gasteiger partial charge in [-0.3, -0.25) is 0 Å². The highest BCUT2D eigenvalue weighted by Crippen LogP contribution is 2.20. The summed E-state index contributed by atoms with van der Waals surface area (Å²) in [4.78, 5) is 0. The van der Waals surface area contributed by atoms with Gasteiger partial charge in [-0.1, -0.05) is 23.8 Å². The second-order valence-electron chi connectivity index (χ2n) is 4.86. The van der Waals surface area contributed by atoms with Gasteiger partial charge in [-0.25, -0.2) is 0 Å². The molecule has 0 bridgehead atoms. The third kappa shape index (κ3) is 3.04. The number of aryl methyl sites for hydroxylation is 3. The van der Waals surface area contributed by atoms with E-state index in [1.54, 1.807) is 6.07 Å². The lowest BCUT2D eigenvalue weighted by atomic mass is 10.1. The Morgan fingerprint density at radius 3 is 2.22 bits per heavy atom. The molecule has 0 atom stereocenters. The van der Waals surface area contributed by atoms with Crippen LogP contribution in [0.1, 0.15) is 22.3 Å². The number of phenols is 1. The lowest BCUT2D eigenvalue weighted by molar-refractivity contribution is 0.469. The lowest BCUT2D eigenvalue weighted by Gasteiger charge is -2.10. The van der Waals surface area contributed by atoms with Crippen molar-refractivity contribution in [2.24, 2.45) is 0 Å². The topological polar surface area (TPSA) is 32.3 Å². The summed E-state index contributed by atoms with van der Waals surface area (Å²) in [6.45, 7) is 6.83. The fraction of sp³-hybridized carbons (Fsp3) is 0.250. The number of anilines is 1. The van der Waals surface area contributed by atoms with E-state index in [-0.39, 0.29) is 0 Å². The van der Waals surface area contributed by atoms with Crippen LogP contribution in [-0.4, -0.2) is 5.11 Å². The quantitative estimate of drug-likeness (QED) is 0.853. The molecule has 2 rings (SSSR count). The number of hydrogen-bond donors (Lipinski definition) is 2. The molecule has 0 aliphatic heterocycles. The summed E-state index contributed by atoms with van der Waals surface area (Å²) >= 11 is 0. The predicted octanol–water partition coefficient (Wildman–Crippen LogP) is 3.93. The SMILES string of the molecule is Cc1cc(C)cc(NCc2cc(C)ccc2O)c1. The fourth-order valence-electron chi connectivity index (χ4n) is 2.13. The molecule has 0 amide bonds. The molecule has 0 fully saturated rings. The molecule has 0 aliphatic rings. The first-order chi connectivity index (χ1) is 8.54. The van der Waals surface area contributed by atoms with Gasteiger partial charge in [0.2, 0.25) is 0 Å². The summed E-state index contributed by atoms with van der Waals surface area (Å²) in [6, 6.07) is 12.0. The molecule has 94 valence electrons. The molecule has 2 aromatic rings. The van der Waals surface area contributed by atoms with Crippen molar-refractivity contribution in [2.75, 3.05) is 5.32 Å². The third-order valence-electron chi connectivity index (χ3n) is 2.94. The Balaban J connectivity index is 2.13. The molecule has 0 aliphatic carbocycles. The van der Waals surface area contributed by atoms with E-state index in [2.05, 4.69) is 37.4 Å². The van der Waals surface area contributed by atoms with Crippen molar-refractivity contribution in [1.82, 2.24) is 0 Å². The Labute approximate surface area is 108 Å². The van der Waals surface area contributed by atoms with Crippen LogP contribution in [-0.2, 0) is 6.54 Å². The lowest BCUT2D eigenvalue weighted by Crippen LogP contribution is -2.00. The molecule has 0 saturated heterocycles. The first-order valence-electron chi connectivity index (χ1n) is 6.15. The van der Waals surface area contributed by atoms with Gasteiger partial charge in [-0.2, -0.15) is 0 Å². The van der Waals surface area contributed by atoms with Gasteiger partial charge in [0, 0.05) is 17.8 Å². The van der Waals surface area contributed by atoms with Gasteiger partial charge in [-0.05, 0) is 50.1 Å². The van der Waals surface area contributed by atoms with Gasteiger partial charge in [0.15, 0.2) is 0 Å². The zero-order chi connectivity index (χ0) is 13.1. The molecule has 0 unspecified atom stereocenters. The second kappa shape index (κ2) is 5.13. The number of aromatic hydroxyl groups is 1. The van der Waals surface area contributed by atoms with Crippen molar-refractivity contribution < 1.29 is 5.11 Å². The van der Waals surface area contributed by atoms with E-state index >= 15 is 0 Å². The molecular formula is C16H19NO. The van der Waals surface area contributed by atoms with Crippen LogP contribution in [0.4, 0.5) is 5.69 Å². The van der Waals surface area contributed by atoms with Crippen LogP contribution >= 0.6 is 0 Å². The van der Waals surface area contributed by atoms with E-state index in [9.17, 15) is 5.11 Å². The standard InChI is InChI=1S/C16H19NO/c1-11-4-5-16(18)14(7-11)10-17-15-8-12(2)6-13(3)9-15/h4-9,17-18H,10H2,1-3H3. The predicted molar refractivity (Wildman–Crippen MR) is 76.1 cm³/mol. The van der Waals surface area contributed by atoms with Gasteiger partial charge in [0.1, 0.15) is 5.75 Å². The van der Waals surface area contributed by atoms with Crippen LogP contribution in [0, 0.1) is 20.8 Å². The van der Waals surface area contributed by atoms with E-state index < -0.39 is 0 Å². The summed E-state index contributed by atoms with van der Waals surface area (Å²) < 4.78 is 0. The Morgan fingerprint density at radius 2 is 1.56 bits per heavy atom. The highest BCUT2D eigenvalue weighted by molar-refractivity contribution is 5.49. The molecule has 0 spiro atoms. The normalized spacial score (nSPS) is 10.4. The average molecular weight is 241 g/mol. The molecule has 2 N–H and O–H groups in total. The number of phenolic OH excluding ortho intramolecular Hbond substituents is 1. The summed E-state index contributed by atoms with van der Waals surface area (Å²) in [6.07, 6.45) is 0. The molecule has 0 saturated carbocycles. The molecule has 0 heterocycles. The zero-order valence-electron chi connectivity index (χ0n) is 11.1. The summed E-state index contributed by atoms with van der Waals surface area (Å²) in [5.41, 5.74) is 5.66. The van der Waals surface area contributed by atoms with Gasteiger partial charge < -0.3 is 10.4 Å². The van der Waals surface area contributed by atoms with E-state index in [1.807, 2.05) is 19.1 Å². The van der Waals surface area contributed by atoms with E-state index in [0.717, 1.165) is 16.8 Å². The summed E-state index contributed by atoms with van der Waals surface area (Å²) in [5.74, 6) is 0.345. The molecule has 18 heavy (non-hydrogen) atoms. The van der Waals surface area contributed by atoms with Crippen LogP contribution in [0.2, 0.25) is 0 Å². The second-order valence-corrected chi connectivity index (χ2v) is 4.86. The first-order valence-corrected chi connectivity index (χ1v) is 6.15. The maximum absolute atomic E-state index is 9.78. The third-order valence-corrected chi connectivity index (χ3v) is 2.94. The summed E-state index contributed by atoms with van der Waals surface area (Å²) in [7, 11) is 0. The van der Waals surface area contributed by atoms with Crippen LogP contribution in [0.15, 0.2) is 36.4 Å². The molecule has 0 aromatic heterocycles. The van der Waals surface area contributed by atoms with Crippen molar-refractivity contribution in [3.05, 3.63) is 58.7 Å². The number of rotatable bonds is 3. The maximum atomic E-state index is 9.78. The fourth-order valence-corrected chi connectivity index (χ4v) is 2.13. The van der Waals surface area contributed by atoms with Gasteiger partial charge in [-0.15, -0.1) is 0 Å². The van der Waals surface area contributed by atoms with E-state index in [1.165, 1.54) is 11.1 Å². The Kier molecular flexibility index (Phi) is 3.56. The van der Waals surface area contributed by atoms with Crippen LogP contribution < -0.4 is 5.32 Å². The van der Waals surface area contributed by atoms with Crippen LogP contribution in [0.3, 0.4) is 0 Å². The molecule has 0 radical (unpaired) electrons. The van der Waals surface area contributed by atoms with Gasteiger partial charge in [0.25, 0.3) is 0 Å². The van der Waals surface area contributed by atoms with Gasteiger partial charge in [0.05, 0.1) is 0 Å². The van der Waals surface area contributed by atoms with Crippen molar-refractivity contribution in [3.63, 3.8) is 0 Å². The number of hydrogen-bond acceptors (Lipinski definition) is 2. The maximum Gasteiger partial charge on any atom is 0.120 e. The smallest absolute Gasteiger partial charge is 0.120 e. The molecule has 2 nitrogen and oxygen atoms in total. The van der Waals surface area contributed by atoms with Gasteiger partial charge >= 0.3 is 0 Å². The first kappa shape index (κ1) is 12.5. The van der Waals surface area contributed by atoms with Crippen molar-refractivity contribution in [3.8, 4) is 5.75 Å². The molecule has 2 heteroatoms. The van der Waals surface area contributed by atoms with Crippen LogP contribution in [0.25, 0.3) is 0 Å². The van der Waals surface area contributed by atoms with Crippen molar-refractivity contribution in [1.29, 1.82) is 0 Å². The highest BCUT2D eigenvalue weighted by Gasteiger charge is 2.02. The highest BCUT2D eigenvalue weighted by atomic mass is 16.3. The minimum Gasteiger partial charge on any atom is -0.508 e. The Hall–Kier alpha value is -1.96. The van der Waals surface area contributed by atoms with E-state index in [4.69, 9.17) is 0 Å². The monoisotopic (exact) mass is 241 g/mol. The van der Waals surface area contributed by atoms with E-state index in [0.29, 0.717) is 12.3 Å². The van der Waals surface area contributed by atoms with Crippen molar-refractivity contribution >= 4 is 5.69 Å². The minimum absolute atomic E-state index is 0.345. The van der Waals surface area contributed by atoms with Crippen LogP contribution in [0.5, 0.6) is 5.75 Å². The average Bonchev–Trinajstić information content (AvgIpc) is 2.29. The largest absolute Gasteiger partial charge is 0.508 e. The Morgan fingerprint density at radius 1 is 0.889 bits per heavy atom.